The summed E-state index contributed by atoms with van der Waals surface area (Å²) in [5.41, 5.74) is 2.89. The molecule has 1 fully saturated rings. The Labute approximate surface area is 227 Å². The Hall–Kier alpha value is -4.50. The van der Waals surface area contributed by atoms with Crippen molar-refractivity contribution < 1.29 is 19.1 Å². The average molecular weight is 541 g/mol. The van der Waals surface area contributed by atoms with E-state index in [1.165, 1.54) is 34.2 Å². The van der Waals surface area contributed by atoms with Crippen LogP contribution in [0.5, 0.6) is 5.75 Å². The summed E-state index contributed by atoms with van der Waals surface area (Å²) in [6, 6.07) is 21.8. The van der Waals surface area contributed by atoms with E-state index in [9.17, 15) is 19.1 Å². The van der Waals surface area contributed by atoms with Crippen LogP contribution in [0.25, 0.3) is 21.3 Å². The van der Waals surface area contributed by atoms with Gasteiger partial charge in [0.05, 0.1) is 16.3 Å². The number of thiophene rings is 1. The van der Waals surface area contributed by atoms with Crippen LogP contribution in [0.15, 0.2) is 78.9 Å². The molecular formula is C30H25FN4O3S. The number of hydrogen-bond donors (Lipinski definition) is 3. The molecule has 6 rings (SSSR count). The van der Waals surface area contributed by atoms with Crippen LogP contribution in [-0.2, 0) is 6.54 Å². The fourth-order valence-corrected chi connectivity index (χ4v) is 5.60. The maximum Gasteiger partial charge on any atom is 0.342 e. The van der Waals surface area contributed by atoms with Gasteiger partial charge in [-0.3, -0.25) is 4.79 Å². The molecule has 9 heteroatoms. The maximum absolute atomic E-state index is 13.2. The molecule has 0 spiro atoms. The molecule has 0 bridgehead atoms. The smallest absolute Gasteiger partial charge is 0.342 e. The third kappa shape index (κ3) is 5.13. The molecule has 0 aliphatic heterocycles. The number of rotatable bonds is 6. The van der Waals surface area contributed by atoms with Crippen LogP contribution in [-0.4, -0.2) is 26.8 Å². The number of halogens is 1. The number of nitrogens with zero attached hydrogens (tertiary/aromatic N) is 2. The van der Waals surface area contributed by atoms with Crippen LogP contribution in [0.4, 0.5) is 14.9 Å². The standard InChI is InChI=1S/C30H25FN4O3S/c31-21-10-8-18(9-11-21)17-32-30(38)35-25(19-5-3-6-19)16-24(34-35)23-15-22(12-13-26(23)36)33-29(37)28-14-20-4-1-2-7-27(20)39-28/h1-2,4,7-16,19,36H,3,5-6,17H2,(H,32,38)(H,33,37). The van der Waals surface area contributed by atoms with E-state index in [2.05, 4.69) is 15.7 Å². The van der Waals surface area contributed by atoms with E-state index in [0.717, 1.165) is 40.6 Å². The van der Waals surface area contributed by atoms with Crippen LogP contribution < -0.4 is 10.6 Å². The van der Waals surface area contributed by atoms with E-state index in [1.54, 1.807) is 24.3 Å². The van der Waals surface area contributed by atoms with Crippen LogP contribution in [0, 0.1) is 5.82 Å². The summed E-state index contributed by atoms with van der Waals surface area (Å²) in [6.45, 7) is 0.225. The monoisotopic (exact) mass is 540 g/mol. The van der Waals surface area contributed by atoms with Gasteiger partial charge in [0.15, 0.2) is 0 Å². The molecule has 0 unspecified atom stereocenters. The molecule has 2 aromatic heterocycles. The van der Waals surface area contributed by atoms with Crippen LogP contribution in [0.1, 0.15) is 46.1 Å². The van der Waals surface area contributed by atoms with E-state index < -0.39 is 6.03 Å². The number of phenols is 1. The first-order chi connectivity index (χ1) is 18.9. The van der Waals surface area contributed by atoms with Crippen molar-refractivity contribution in [3.05, 3.63) is 101 Å². The van der Waals surface area contributed by atoms with Gasteiger partial charge in [0.1, 0.15) is 11.6 Å². The second-order valence-corrected chi connectivity index (χ2v) is 10.7. The van der Waals surface area contributed by atoms with E-state index in [0.29, 0.717) is 21.8 Å². The number of phenolic OH excluding ortho intramolecular Hbond substituents is 1. The van der Waals surface area contributed by atoms with Crippen molar-refractivity contribution in [2.45, 2.75) is 31.7 Å². The summed E-state index contributed by atoms with van der Waals surface area (Å²) < 4.78 is 15.6. The molecule has 2 amide bonds. The SMILES string of the molecule is O=C(Nc1ccc(O)c(-c2cc(C3CCC3)n(C(=O)NCc3ccc(F)cc3)n2)c1)c1cc2ccccc2s1. The Bertz CT molecular complexity index is 1660. The van der Waals surface area contributed by atoms with Crippen molar-refractivity contribution in [1.29, 1.82) is 0 Å². The predicted octanol–water partition coefficient (Wildman–Crippen LogP) is 6.89. The molecule has 39 heavy (non-hydrogen) atoms. The minimum absolute atomic E-state index is 0.00797. The van der Waals surface area contributed by atoms with Crippen LogP contribution >= 0.6 is 11.3 Å². The Morgan fingerprint density at radius 3 is 2.56 bits per heavy atom. The number of fused-ring (bicyclic) bond motifs is 1. The summed E-state index contributed by atoms with van der Waals surface area (Å²) in [5.74, 6) is -0.392. The van der Waals surface area contributed by atoms with Gasteiger partial charge < -0.3 is 15.7 Å². The Kier molecular flexibility index (Phi) is 6.58. The van der Waals surface area contributed by atoms with Crippen molar-refractivity contribution in [3.63, 3.8) is 0 Å². The normalized spacial score (nSPS) is 13.3. The number of aromatic nitrogens is 2. The first-order valence-corrected chi connectivity index (χ1v) is 13.5. The molecule has 0 radical (unpaired) electrons. The number of hydrogen-bond acceptors (Lipinski definition) is 5. The number of carbonyl (C=O) groups excluding carboxylic acids is 2. The van der Waals surface area contributed by atoms with Crippen molar-refractivity contribution in [3.8, 4) is 17.0 Å². The lowest BCUT2D eigenvalue weighted by molar-refractivity contribution is 0.103. The molecule has 0 saturated heterocycles. The molecule has 1 aliphatic rings. The van der Waals surface area contributed by atoms with Gasteiger partial charge in [0, 0.05) is 28.4 Å². The van der Waals surface area contributed by atoms with Gasteiger partial charge in [0.25, 0.3) is 5.91 Å². The van der Waals surface area contributed by atoms with Crippen molar-refractivity contribution in [2.24, 2.45) is 0 Å². The average Bonchev–Trinajstić information content (AvgIpc) is 3.53. The number of amides is 2. The van der Waals surface area contributed by atoms with E-state index >= 15 is 0 Å². The Balaban J connectivity index is 1.25. The number of carbonyl (C=O) groups is 2. The fraction of sp³-hybridized carbons (Fsp3) is 0.167. The minimum atomic E-state index is -0.402. The van der Waals surface area contributed by atoms with Crippen LogP contribution in [0.2, 0.25) is 0 Å². The zero-order valence-electron chi connectivity index (χ0n) is 20.9. The van der Waals surface area contributed by atoms with Gasteiger partial charge in [-0.2, -0.15) is 9.78 Å². The highest BCUT2D eigenvalue weighted by Gasteiger charge is 2.27. The molecule has 0 atom stereocenters. The number of nitrogens with one attached hydrogen (secondary N) is 2. The zero-order chi connectivity index (χ0) is 26.9. The van der Waals surface area contributed by atoms with Gasteiger partial charge in [-0.25, -0.2) is 9.18 Å². The molecule has 3 N–H and O–H groups in total. The first-order valence-electron chi connectivity index (χ1n) is 12.7. The molecule has 2 heterocycles. The number of anilines is 1. The first kappa shape index (κ1) is 24.8. The summed E-state index contributed by atoms with van der Waals surface area (Å²) in [4.78, 5) is 26.7. The molecular weight excluding hydrogens is 515 g/mol. The number of benzene rings is 3. The summed E-state index contributed by atoms with van der Waals surface area (Å²) in [6.07, 6.45) is 2.98. The predicted molar refractivity (Wildman–Crippen MR) is 150 cm³/mol. The molecule has 3 aromatic carbocycles. The lowest BCUT2D eigenvalue weighted by atomic mass is 9.82. The van der Waals surface area contributed by atoms with E-state index in [4.69, 9.17) is 0 Å². The zero-order valence-corrected chi connectivity index (χ0v) is 21.7. The molecule has 1 aliphatic carbocycles. The topological polar surface area (TPSA) is 96.2 Å². The highest BCUT2D eigenvalue weighted by atomic mass is 32.1. The largest absolute Gasteiger partial charge is 0.507 e. The van der Waals surface area contributed by atoms with Crippen molar-refractivity contribution in [2.75, 3.05) is 5.32 Å². The van der Waals surface area contributed by atoms with Crippen LogP contribution in [0.3, 0.4) is 0 Å². The lowest BCUT2D eigenvalue weighted by Gasteiger charge is -2.25. The quantitative estimate of drug-likeness (QED) is 0.204. The Morgan fingerprint density at radius 1 is 1.03 bits per heavy atom. The highest BCUT2D eigenvalue weighted by Crippen LogP contribution is 2.39. The van der Waals surface area contributed by atoms with Gasteiger partial charge in [0.2, 0.25) is 0 Å². The van der Waals surface area contributed by atoms with Gasteiger partial charge in [-0.05, 0) is 72.3 Å². The molecule has 5 aromatic rings. The van der Waals surface area contributed by atoms with Gasteiger partial charge in [-0.1, -0.05) is 36.8 Å². The van der Waals surface area contributed by atoms with E-state index in [-0.39, 0.29) is 29.9 Å². The summed E-state index contributed by atoms with van der Waals surface area (Å²) >= 11 is 1.41. The van der Waals surface area contributed by atoms with Crippen molar-refractivity contribution in [1.82, 2.24) is 15.1 Å². The minimum Gasteiger partial charge on any atom is -0.507 e. The molecule has 1 saturated carbocycles. The summed E-state index contributed by atoms with van der Waals surface area (Å²) in [7, 11) is 0. The highest BCUT2D eigenvalue weighted by molar-refractivity contribution is 7.20. The maximum atomic E-state index is 13.2. The second-order valence-electron chi connectivity index (χ2n) is 9.61. The van der Waals surface area contributed by atoms with Gasteiger partial charge in [-0.15, -0.1) is 11.3 Å². The van der Waals surface area contributed by atoms with Gasteiger partial charge >= 0.3 is 6.03 Å². The lowest BCUT2D eigenvalue weighted by Crippen LogP contribution is -2.31. The number of aromatic hydroxyl groups is 1. The van der Waals surface area contributed by atoms with E-state index in [1.807, 2.05) is 36.4 Å². The Morgan fingerprint density at radius 2 is 1.82 bits per heavy atom. The summed E-state index contributed by atoms with van der Waals surface area (Å²) in [5, 5.41) is 22.0. The molecule has 7 nitrogen and oxygen atoms in total. The third-order valence-electron chi connectivity index (χ3n) is 6.99. The fourth-order valence-electron chi connectivity index (χ4n) is 4.64. The second kappa shape index (κ2) is 10.3. The van der Waals surface area contributed by atoms with Crippen molar-refractivity contribution >= 4 is 39.0 Å². The molecule has 196 valence electrons. The third-order valence-corrected chi connectivity index (χ3v) is 8.10.